The summed E-state index contributed by atoms with van der Waals surface area (Å²) in [4.78, 5) is 37.4. The van der Waals surface area contributed by atoms with Gasteiger partial charge in [0.05, 0.1) is 33.8 Å². The Bertz CT molecular complexity index is 1160. The molecule has 0 spiro atoms. The van der Waals surface area contributed by atoms with E-state index in [1.165, 1.54) is 148 Å². The third-order valence-electron chi connectivity index (χ3n) is 12.1. The Hall–Kier alpha value is -1.51. The van der Waals surface area contributed by atoms with Crippen molar-refractivity contribution in [3.8, 4) is 0 Å². The third-order valence-corrected chi connectivity index (χ3v) is 13.1. The van der Waals surface area contributed by atoms with Gasteiger partial charge in [0.1, 0.15) is 19.3 Å². The van der Waals surface area contributed by atoms with Crippen LogP contribution in [-0.4, -0.2) is 74.3 Å². The third kappa shape index (κ3) is 45.6. The molecule has 0 aromatic heterocycles. The fourth-order valence-electron chi connectivity index (χ4n) is 7.88. The van der Waals surface area contributed by atoms with Crippen molar-refractivity contribution in [3.05, 3.63) is 24.3 Å². The topological polar surface area (TPSA) is 111 Å². The first-order valence-electron chi connectivity index (χ1n) is 27.2. The van der Waals surface area contributed by atoms with Gasteiger partial charge in [0, 0.05) is 12.8 Å². The molecule has 9 nitrogen and oxygen atoms in total. The van der Waals surface area contributed by atoms with Crippen LogP contribution in [0, 0.1) is 0 Å². The van der Waals surface area contributed by atoms with Crippen LogP contribution in [0.1, 0.15) is 258 Å². The van der Waals surface area contributed by atoms with Crippen LogP contribution in [0.15, 0.2) is 24.3 Å². The summed E-state index contributed by atoms with van der Waals surface area (Å²) in [6.45, 7) is 7.00. The van der Waals surface area contributed by atoms with E-state index < -0.39 is 20.0 Å². The molecular weight excluding hydrogens is 820 g/mol. The summed E-state index contributed by atoms with van der Waals surface area (Å²) in [6.07, 6.45) is 50.2. The molecule has 3 unspecified atom stereocenters. The Morgan fingerprint density at radius 1 is 0.531 bits per heavy atom. The average Bonchev–Trinajstić information content (AvgIpc) is 3.25. The summed E-state index contributed by atoms with van der Waals surface area (Å²) in [5.74, 6) is -0.508. The first-order chi connectivity index (χ1) is 30.9. The van der Waals surface area contributed by atoms with E-state index in [1.807, 2.05) is 33.3 Å². The molecule has 0 aromatic carbocycles. The summed E-state index contributed by atoms with van der Waals surface area (Å²) in [6, 6.07) is -0.844. The van der Waals surface area contributed by atoms with Gasteiger partial charge in [-0.05, 0) is 57.4 Å². The number of esters is 1. The van der Waals surface area contributed by atoms with Crippen LogP contribution in [0.25, 0.3) is 0 Å². The quantitative estimate of drug-likeness (QED) is 0.0205. The van der Waals surface area contributed by atoms with Crippen molar-refractivity contribution in [2.24, 2.45) is 0 Å². The molecule has 0 heterocycles. The molecule has 378 valence electrons. The highest BCUT2D eigenvalue weighted by molar-refractivity contribution is 7.47. The number of carbonyl (C=O) groups excluding carboxylic acids is 2. The van der Waals surface area contributed by atoms with Gasteiger partial charge in [-0.3, -0.25) is 18.6 Å². The van der Waals surface area contributed by atoms with Crippen LogP contribution in [0.5, 0.6) is 0 Å². The Labute approximate surface area is 396 Å². The molecular formula is C54H106N2O7P+. The van der Waals surface area contributed by atoms with Gasteiger partial charge in [0.2, 0.25) is 5.91 Å². The highest BCUT2D eigenvalue weighted by Crippen LogP contribution is 2.43. The van der Waals surface area contributed by atoms with Gasteiger partial charge in [-0.2, -0.15) is 0 Å². The first kappa shape index (κ1) is 62.5. The Kier molecular flexibility index (Phi) is 44.2. The van der Waals surface area contributed by atoms with Gasteiger partial charge in [-0.15, -0.1) is 0 Å². The Balaban J connectivity index is 5.35. The normalized spacial score (nSPS) is 14.0. The zero-order chi connectivity index (χ0) is 47.3. The number of nitrogens with one attached hydrogen (secondary N) is 1. The van der Waals surface area contributed by atoms with E-state index in [2.05, 4.69) is 38.2 Å². The maximum absolute atomic E-state index is 13.4. The molecule has 0 rings (SSSR count). The number of unbranched alkanes of at least 4 members (excludes halogenated alkanes) is 31. The molecule has 2 N–H and O–H groups in total. The summed E-state index contributed by atoms with van der Waals surface area (Å²) in [7, 11) is 1.50. The molecule has 1 amide bonds. The zero-order valence-corrected chi connectivity index (χ0v) is 43.9. The van der Waals surface area contributed by atoms with Crippen LogP contribution in [0.3, 0.4) is 0 Å². The molecule has 0 aliphatic carbocycles. The predicted octanol–water partition coefficient (Wildman–Crippen LogP) is 15.8. The van der Waals surface area contributed by atoms with E-state index in [9.17, 15) is 19.0 Å². The number of ether oxygens (including phenoxy) is 1. The van der Waals surface area contributed by atoms with Crippen LogP contribution >= 0.6 is 7.82 Å². The lowest BCUT2D eigenvalue weighted by atomic mass is 10.0. The second-order valence-electron chi connectivity index (χ2n) is 19.8. The molecule has 0 saturated heterocycles. The predicted molar refractivity (Wildman–Crippen MR) is 273 cm³/mol. The number of carbonyl (C=O) groups is 2. The van der Waals surface area contributed by atoms with E-state index >= 15 is 0 Å². The molecule has 0 aliphatic heterocycles. The van der Waals surface area contributed by atoms with Crippen molar-refractivity contribution in [2.75, 3.05) is 40.9 Å². The largest absolute Gasteiger partial charge is 0.472 e. The summed E-state index contributed by atoms with van der Waals surface area (Å²) < 4.78 is 30.5. The average molecular weight is 926 g/mol. The van der Waals surface area contributed by atoms with Crippen LogP contribution in [0.4, 0.5) is 0 Å². The van der Waals surface area contributed by atoms with Crippen molar-refractivity contribution in [1.29, 1.82) is 0 Å². The number of likely N-dealkylation sites (N-methyl/N-ethyl adjacent to an activating group) is 1. The van der Waals surface area contributed by atoms with Gasteiger partial charge < -0.3 is 19.4 Å². The number of phosphoric ester groups is 1. The van der Waals surface area contributed by atoms with E-state index in [0.29, 0.717) is 23.9 Å². The number of nitrogens with zero attached hydrogens (tertiary/aromatic N) is 1. The smallest absolute Gasteiger partial charge is 0.456 e. The number of quaternary nitrogens is 1. The fourth-order valence-corrected chi connectivity index (χ4v) is 8.61. The molecule has 0 aliphatic rings. The molecule has 0 saturated carbocycles. The molecule has 0 aromatic rings. The number of amides is 1. The monoisotopic (exact) mass is 926 g/mol. The molecule has 3 atom stereocenters. The Morgan fingerprint density at radius 3 is 1.33 bits per heavy atom. The van der Waals surface area contributed by atoms with E-state index in [4.69, 9.17) is 13.8 Å². The standard InChI is InChI=1S/C54H105N2O7P/c1-7-10-13-16-19-22-25-26-27-28-29-32-34-37-40-43-46-53(57)55-51(50-62-64(59,60)61-49-48-56(4,5)6)52(45-42-39-36-33-30-23-20-17-14-11-8-2)63-54(58)47-44-41-38-35-31-24-21-18-15-12-9-3/h27-28,42,45,51-52H,7-26,29-41,43-44,46-50H2,1-6H3,(H-,55,57,59,60)/p+1/b28-27+,45-42-. The minimum absolute atomic E-state index is 0.0415. The van der Waals surface area contributed by atoms with Gasteiger partial charge in [0.15, 0.2) is 0 Å². The lowest BCUT2D eigenvalue weighted by Crippen LogP contribution is -2.47. The number of allylic oxidation sites excluding steroid dienone is 3. The zero-order valence-electron chi connectivity index (χ0n) is 43.0. The number of hydrogen-bond donors (Lipinski definition) is 2. The second-order valence-corrected chi connectivity index (χ2v) is 21.2. The minimum Gasteiger partial charge on any atom is -0.456 e. The van der Waals surface area contributed by atoms with Crippen LogP contribution in [-0.2, 0) is 27.9 Å². The molecule has 10 heteroatoms. The summed E-state index contributed by atoms with van der Waals surface area (Å²) >= 11 is 0. The van der Waals surface area contributed by atoms with Crippen LogP contribution < -0.4 is 5.32 Å². The van der Waals surface area contributed by atoms with E-state index in [1.54, 1.807) is 0 Å². The van der Waals surface area contributed by atoms with Crippen molar-refractivity contribution in [2.45, 2.75) is 270 Å². The maximum Gasteiger partial charge on any atom is 0.472 e. The molecule has 64 heavy (non-hydrogen) atoms. The first-order valence-corrected chi connectivity index (χ1v) is 28.7. The van der Waals surface area contributed by atoms with Gasteiger partial charge in [-0.1, -0.05) is 212 Å². The van der Waals surface area contributed by atoms with E-state index in [-0.39, 0.29) is 25.1 Å². The molecule has 0 bridgehead atoms. The van der Waals surface area contributed by atoms with Gasteiger partial charge in [0.25, 0.3) is 0 Å². The SMILES string of the molecule is CCCCCCCCC/C=C/CCCCCCCC(=O)NC(COP(=O)(O)OCC[N+](C)(C)C)C(/C=C\CCCCCCCCCCC)OC(=O)CCCCCCCCCCCCC. The summed E-state index contributed by atoms with van der Waals surface area (Å²) in [5, 5.41) is 3.04. The molecule has 0 fully saturated rings. The minimum atomic E-state index is -4.43. The number of hydrogen-bond acceptors (Lipinski definition) is 6. The van der Waals surface area contributed by atoms with Crippen molar-refractivity contribution < 1.29 is 37.3 Å². The number of rotatable bonds is 49. The highest BCUT2D eigenvalue weighted by Gasteiger charge is 2.30. The second kappa shape index (κ2) is 45.3. The van der Waals surface area contributed by atoms with Gasteiger partial charge in [-0.25, -0.2) is 4.57 Å². The van der Waals surface area contributed by atoms with E-state index in [0.717, 1.165) is 77.0 Å². The van der Waals surface area contributed by atoms with Crippen molar-refractivity contribution >= 4 is 19.7 Å². The maximum atomic E-state index is 13.4. The van der Waals surface area contributed by atoms with Crippen molar-refractivity contribution in [1.82, 2.24) is 5.32 Å². The number of phosphoric acid groups is 1. The van der Waals surface area contributed by atoms with Gasteiger partial charge >= 0.3 is 13.8 Å². The highest BCUT2D eigenvalue weighted by atomic mass is 31.2. The lowest BCUT2D eigenvalue weighted by Gasteiger charge is -2.27. The van der Waals surface area contributed by atoms with Crippen molar-refractivity contribution in [3.63, 3.8) is 0 Å². The Morgan fingerprint density at radius 2 is 0.906 bits per heavy atom. The van der Waals surface area contributed by atoms with Crippen LogP contribution in [0.2, 0.25) is 0 Å². The fraction of sp³-hybridized carbons (Fsp3) is 0.889. The lowest BCUT2D eigenvalue weighted by molar-refractivity contribution is -0.870. The molecule has 0 radical (unpaired) electrons. The summed E-state index contributed by atoms with van der Waals surface area (Å²) in [5.41, 5.74) is 0.